The molecule has 16 heavy (non-hydrogen) atoms. The zero-order valence-electron chi connectivity index (χ0n) is 10.2. The Bertz CT molecular complexity index is 309. The van der Waals surface area contributed by atoms with E-state index in [0.29, 0.717) is 0 Å². The third-order valence-electron chi connectivity index (χ3n) is 5.02. The fourth-order valence-electron chi connectivity index (χ4n) is 3.94. The lowest BCUT2D eigenvalue weighted by Gasteiger charge is -2.43. The lowest BCUT2D eigenvalue weighted by atomic mass is 9.63. The van der Waals surface area contributed by atoms with Gasteiger partial charge in [0.2, 0.25) is 0 Å². The molecule has 1 spiro atoms. The smallest absolute Gasteiger partial charge is 0.0178 e. The summed E-state index contributed by atoms with van der Waals surface area (Å²) in [5.74, 6) is 0.822. The Kier molecular flexibility index (Phi) is 2.79. The molecule has 0 bridgehead atoms. The minimum atomic E-state index is 0.765. The molecule has 0 atom stereocenters. The first-order valence-corrected chi connectivity index (χ1v) is 7.01. The average Bonchev–Trinajstić information content (AvgIpc) is 2.85. The van der Waals surface area contributed by atoms with E-state index < -0.39 is 0 Å². The zero-order chi connectivity index (χ0) is 10.8. The number of H-pyrrole nitrogens is 1. The fraction of sp³-hybridized carbons (Fsp3) is 0.733. The molecule has 1 aromatic rings. The third-order valence-corrected chi connectivity index (χ3v) is 5.02. The van der Waals surface area contributed by atoms with Crippen LogP contribution in [0.4, 0.5) is 0 Å². The number of aromatic amines is 1. The number of aromatic nitrogens is 1. The Morgan fingerprint density at radius 2 is 1.75 bits per heavy atom. The van der Waals surface area contributed by atoms with Crippen molar-refractivity contribution in [2.24, 2.45) is 5.41 Å². The SMILES string of the molecule is c1c[nH]c(C2CCC3(CCCCC3)CC2)c1. The van der Waals surface area contributed by atoms with Crippen LogP contribution in [0.5, 0.6) is 0 Å². The summed E-state index contributed by atoms with van der Waals surface area (Å²) in [5.41, 5.74) is 2.24. The van der Waals surface area contributed by atoms with Gasteiger partial charge < -0.3 is 4.98 Å². The molecule has 2 aliphatic rings. The fourth-order valence-corrected chi connectivity index (χ4v) is 3.94. The van der Waals surface area contributed by atoms with Crippen molar-refractivity contribution in [2.75, 3.05) is 0 Å². The minimum Gasteiger partial charge on any atom is -0.365 e. The predicted octanol–water partition coefficient (Wildman–Crippen LogP) is 4.62. The monoisotopic (exact) mass is 217 g/mol. The third kappa shape index (κ3) is 1.92. The lowest BCUT2D eigenvalue weighted by Crippen LogP contribution is -2.29. The molecule has 2 aliphatic carbocycles. The van der Waals surface area contributed by atoms with Crippen LogP contribution in [-0.4, -0.2) is 4.98 Å². The van der Waals surface area contributed by atoms with E-state index in [0.717, 1.165) is 11.3 Å². The molecular weight excluding hydrogens is 194 g/mol. The Morgan fingerprint density at radius 1 is 1.00 bits per heavy atom. The summed E-state index contributed by atoms with van der Waals surface area (Å²) >= 11 is 0. The van der Waals surface area contributed by atoms with Crippen molar-refractivity contribution in [1.82, 2.24) is 4.98 Å². The van der Waals surface area contributed by atoms with E-state index in [2.05, 4.69) is 23.3 Å². The molecule has 0 saturated heterocycles. The van der Waals surface area contributed by atoms with Gasteiger partial charge in [0.15, 0.2) is 0 Å². The van der Waals surface area contributed by atoms with E-state index in [1.54, 1.807) is 0 Å². The summed E-state index contributed by atoms with van der Waals surface area (Å²) in [6.45, 7) is 0. The van der Waals surface area contributed by atoms with Gasteiger partial charge in [-0.25, -0.2) is 0 Å². The van der Waals surface area contributed by atoms with Crippen LogP contribution in [0.3, 0.4) is 0 Å². The molecule has 0 aromatic carbocycles. The van der Waals surface area contributed by atoms with Crippen LogP contribution < -0.4 is 0 Å². The number of rotatable bonds is 1. The van der Waals surface area contributed by atoms with Crippen molar-refractivity contribution in [3.63, 3.8) is 0 Å². The molecule has 3 rings (SSSR count). The van der Waals surface area contributed by atoms with Crippen molar-refractivity contribution in [1.29, 1.82) is 0 Å². The van der Waals surface area contributed by atoms with Crippen molar-refractivity contribution >= 4 is 0 Å². The molecule has 1 nitrogen and oxygen atoms in total. The molecule has 0 aliphatic heterocycles. The summed E-state index contributed by atoms with van der Waals surface area (Å²) in [5, 5.41) is 0. The number of hydrogen-bond acceptors (Lipinski definition) is 0. The molecule has 1 heterocycles. The molecule has 2 saturated carbocycles. The van der Waals surface area contributed by atoms with E-state index in [1.165, 1.54) is 63.5 Å². The Balaban J connectivity index is 1.63. The van der Waals surface area contributed by atoms with Gasteiger partial charge in [-0.2, -0.15) is 0 Å². The van der Waals surface area contributed by atoms with Gasteiger partial charge in [-0.3, -0.25) is 0 Å². The van der Waals surface area contributed by atoms with Crippen molar-refractivity contribution in [3.8, 4) is 0 Å². The summed E-state index contributed by atoms with van der Waals surface area (Å²) in [7, 11) is 0. The Hall–Kier alpha value is -0.720. The van der Waals surface area contributed by atoms with Gasteiger partial charge in [0, 0.05) is 11.9 Å². The van der Waals surface area contributed by atoms with Crippen LogP contribution in [0.25, 0.3) is 0 Å². The van der Waals surface area contributed by atoms with E-state index in [9.17, 15) is 0 Å². The molecule has 88 valence electrons. The molecule has 1 heteroatoms. The second-order valence-electron chi connectivity index (χ2n) is 5.96. The lowest BCUT2D eigenvalue weighted by molar-refractivity contribution is 0.113. The van der Waals surface area contributed by atoms with Crippen LogP contribution in [-0.2, 0) is 0 Å². The van der Waals surface area contributed by atoms with Crippen molar-refractivity contribution < 1.29 is 0 Å². The predicted molar refractivity (Wildman–Crippen MR) is 67.5 cm³/mol. The summed E-state index contributed by atoms with van der Waals surface area (Å²) in [4.78, 5) is 3.40. The molecule has 0 radical (unpaired) electrons. The first-order chi connectivity index (χ1) is 7.88. The van der Waals surface area contributed by atoms with Crippen LogP contribution in [0, 0.1) is 5.41 Å². The Morgan fingerprint density at radius 3 is 2.38 bits per heavy atom. The minimum absolute atomic E-state index is 0.765. The van der Waals surface area contributed by atoms with Crippen molar-refractivity contribution in [2.45, 2.75) is 63.7 Å². The zero-order valence-corrected chi connectivity index (χ0v) is 10.2. The first-order valence-electron chi connectivity index (χ1n) is 7.01. The van der Waals surface area contributed by atoms with Gasteiger partial charge in [-0.1, -0.05) is 19.3 Å². The van der Waals surface area contributed by atoms with Gasteiger partial charge in [0.25, 0.3) is 0 Å². The first kappa shape index (κ1) is 10.4. The van der Waals surface area contributed by atoms with Crippen LogP contribution in [0.1, 0.15) is 69.4 Å². The van der Waals surface area contributed by atoms with Gasteiger partial charge >= 0.3 is 0 Å². The molecule has 0 unspecified atom stereocenters. The maximum atomic E-state index is 3.40. The maximum Gasteiger partial charge on any atom is 0.0178 e. The highest BCUT2D eigenvalue weighted by molar-refractivity contribution is 5.11. The van der Waals surface area contributed by atoms with Crippen LogP contribution >= 0.6 is 0 Å². The van der Waals surface area contributed by atoms with Gasteiger partial charge in [-0.15, -0.1) is 0 Å². The summed E-state index contributed by atoms with van der Waals surface area (Å²) in [6, 6.07) is 4.41. The molecule has 1 aromatic heterocycles. The van der Waals surface area contributed by atoms with Gasteiger partial charge in [-0.05, 0) is 62.0 Å². The highest BCUT2D eigenvalue weighted by Crippen LogP contribution is 2.50. The van der Waals surface area contributed by atoms with Gasteiger partial charge in [0.1, 0.15) is 0 Å². The second kappa shape index (κ2) is 4.27. The largest absolute Gasteiger partial charge is 0.365 e. The average molecular weight is 217 g/mol. The van der Waals surface area contributed by atoms with E-state index in [1.807, 2.05) is 0 Å². The molecule has 1 N–H and O–H groups in total. The van der Waals surface area contributed by atoms with Crippen molar-refractivity contribution in [3.05, 3.63) is 24.0 Å². The topological polar surface area (TPSA) is 15.8 Å². The van der Waals surface area contributed by atoms with Gasteiger partial charge in [0.05, 0.1) is 0 Å². The summed E-state index contributed by atoms with van der Waals surface area (Å²) in [6.07, 6.45) is 15.4. The number of nitrogens with one attached hydrogen (secondary N) is 1. The van der Waals surface area contributed by atoms with E-state index in [4.69, 9.17) is 0 Å². The van der Waals surface area contributed by atoms with E-state index >= 15 is 0 Å². The number of hydrogen-bond donors (Lipinski definition) is 1. The normalized spacial score (nSPS) is 26.0. The standard InChI is InChI=1S/C15H23N/c1-2-8-15(9-3-1)10-6-13(7-11-15)14-5-4-12-16-14/h4-5,12-13,16H,1-3,6-11H2. The molecule has 2 fully saturated rings. The quantitative estimate of drug-likeness (QED) is 0.706. The van der Waals surface area contributed by atoms with Crippen LogP contribution in [0.2, 0.25) is 0 Å². The molecular formula is C15H23N. The van der Waals surface area contributed by atoms with E-state index in [-0.39, 0.29) is 0 Å². The summed E-state index contributed by atoms with van der Waals surface area (Å²) < 4.78 is 0. The highest BCUT2D eigenvalue weighted by atomic mass is 14.7. The maximum absolute atomic E-state index is 3.40. The Labute approximate surface area is 98.6 Å². The molecule has 0 amide bonds. The second-order valence-corrected chi connectivity index (χ2v) is 5.96. The van der Waals surface area contributed by atoms with Crippen LogP contribution in [0.15, 0.2) is 18.3 Å². The highest BCUT2D eigenvalue weighted by Gasteiger charge is 2.36.